The van der Waals surface area contributed by atoms with Gasteiger partial charge in [0.15, 0.2) is 6.04 Å². The van der Waals surface area contributed by atoms with Crippen molar-refractivity contribution in [1.29, 1.82) is 0 Å². The molecule has 0 spiro atoms. The second kappa shape index (κ2) is 11.3. The number of rotatable bonds is 8. The first-order valence-corrected chi connectivity index (χ1v) is 15.4. The zero-order chi connectivity index (χ0) is 29.4. The van der Waals surface area contributed by atoms with Crippen LogP contribution in [0.1, 0.15) is 25.0 Å². The van der Waals surface area contributed by atoms with Crippen LogP contribution in [0.4, 0.5) is 17.1 Å². The molecule has 210 valence electrons. The van der Waals surface area contributed by atoms with Gasteiger partial charge in [-0.2, -0.15) is 28.8 Å². The molecule has 0 fully saturated rings. The van der Waals surface area contributed by atoms with Crippen molar-refractivity contribution in [1.82, 2.24) is 0 Å². The van der Waals surface area contributed by atoms with E-state index in [0.717, 1.165) is 22.7 Å². The van der Waals surface area contributed by atoms with E-state index in [9.17, 15) is 26.2 Å². The minimum absolute atomic E-state index is 0.0242. The van der Waals surface area contributed by atoms with Gasteiger partial charge in [0.1, 0.15) is 4.90 Å². The summed E-state index contributed by atoms with van der Waals surface area (Å²) < 4.78 is 61.1. The van der Waals surface area contributed by atoms with Crippen molar-refractivity contribution in [2.75, 3.05) is 9.73 Å². The molecule has 11 nitrogen and oxygen atoms in total. The SMILES string of the molecule is CCc1ccccc1NS(=O)(=O)c1ccc(C)c(N=NC2C(=O)N(c3cc(Cl)c(S(=O)(=O)O)cc3Cl)N=C2C)c1. The molecule has 0 aliphatic carbocycles. The van der Waals surface area contributed by atoms with Crippen LogP contribution in [0, 0.1) is 6.92 Å². The number of carbonyl (C=O) groups excluding carboxylic acids is 1. The van der Waals surface area contributed by atoms with Crippen molar-refractivity contribution in [3.05, 3.63) is 75.8 Å². The van der Waals surface area contributed by atoms with Crippen LogP contribution in [0.3, 0.4) is 0 Å². The van der Waals surface area contributed by atoms with Crippen molar-refractivity contribution in [3.8, 4) is 0 Å². The number of anilines is 2. The van der Waals surface area contributed by atoms with Crippen molar-refractivity contribution in [2.24, 2.45) is 15.3 Å². The summed E-state index contributed by atoms with van der Waals surface area (Å²) in [4.78, 5) is 12.5. The number of amides is 1. The Labute approximate surface area is 241 Å². The van der Waals surface area contributed by atoms with E-state index in [1.807, 2.05) is 19.1 Å². The van der Waals surface area contributed by atoms with Crippen LogP contribution in [0.2, 0.25) is 10.0 Å². The Morgan fingerprint density at radius 3 is 2.40 bits per heavy atom. The summed E-state index contributed by atoms with van der Waals surface area (Å²) in [6.07, 6.45) is 0.640. The Hall–Kier alpha value is -3.36. The molecular weight excluding hydrogens is 601 g/mol. The molecule has 0 saturated carbocycles. The number of hydrogen-bond donors (Lipinski definition) is 2. The van der Waals surface area contributed by atoms with Crippen LogP contribution >= 0.6 is 23.2 Å². The van der Waals surface area contributed by atoms with E-state index in [0.29, 0.717) is 17.7 Å². The molecule has 4 rings (SSSR count). The summed E-state index contributed by atoms with van der Waals surface area (Å²) in [6, 6.07) is 12.3. The molecular formula is C25H23Cl2N5O6S2. The van der Waals surface area contributed by atoms with Crippen LogP contribution < -0.4 is 9.73 Å². The fraction of sp³-hybridized carbons (Fsp3) is 0.200. The maximum atomic E-state index is 13.1. The van der Waals surface area contributed by atoms with Gasteiger partial charge >= 0.3 is 0 Å². The minimum atomic E-state index is -4.65. The lowest BCUT2D eigenvalue weighted by atomic mass is 10.1. The number of nitrogens with zero attached hydrogens (tertiary/aromatic N) is 4. The van der Waals surface area contributed by atoms with Gasteiger partial charge in [0.05, 0.1) is 37.7 Å². The lowest BCUT2D eigenvalue weighted by Gasteiger charge is -2.15. The van der Waals surface area contributed by atoms with Crippen LogP contribution in [0.5, 0.6) is 0 Å². The second-order valence-corrected chi connectivity index (χ2v) is 12.7. The average Bonchev–Trinajstić information content (AvgIpc) is 3.16. The van der Waals surface area contributed by atoms with Crippen LogP contribution in [0.15, 0.2) is 79.7 Å². The molecule has 1 unspecified atom stereocenters. The van der Waals surface area contributed by atoms with Gasteiger partial charge in [0.2, 0.25) is 0 Å². The molecule has 1 amide bonds. The highest BCUT2D eigenvalue weighted by Gasteiger charge is 2.36. The first-order chi connectivity index (χ1) is 18.7. The number of carbonyl (C=O) groups is 1. The summed E-state index contributed by atoms with van der Waals surface area (Å²) in [5.74, 6) is -0.655. The van der Waals surface area contributed by atoms with Crippen molar-refractivity contribution in [3.63, 3.8) is 0 Å². The molecule has 1 aliphatic rings. The Morgan fingerprint density at radius 1 is 1.02 bits per heavy atom. The summed E-state index contributed by atoms with van der Waals surface area (Å²) in [6.45, 7) is 5.17. The third-order valence-electron chi connectivity index (χ3n) is 6.02. The van der Waals surface area contributed by atoms with Crippen molar-refractivity contribution < 1.29 is 26.2 Å². The van der Waals surface area contributed by atoms with Crippen molar-refractivity contribution in [2.45, 2.75) is 43.0 Å². The van der Waals surface area contributed by atoms with Crippen molar-refractivity contribution >= 4 is 72.0 Å². The summed E-state index contributed by atoms with van der Waals surface area (Å²) >= 11 is 12.1. The smallest absolute Gasteiger partial charge is 0.282 e. The van der Waals surface area contributed by atoms with Gasteiger partial charge in [0, 0.05) is 0 Å². The molecule has 1 aliphatic heterocycles. The number of para-hydroxylation sites is 1. The van der Waals surface area contributed by atoms with E-state index in [-0.39, 0.29) is 32.0 Å². The average molecular weight is 625 g/mol. The topological polar surface area (TPSA) is 158 Å². The van der Waals surface area contributed by atoms with Crippen LogP contribution in [0.25, 0.3) is 0 Å². The zero-order valence-corrected chi connectivity index (χ0v) is 24.5. The third-order valence-corrected chi connectivity index (χ3v) is 9.00. The number of azo groups is 1. The number of halogens is 2. The molecule has 40 heavy (non-hydrogen) atoms. The Morgan fingerprint density at radius 2 is 1.73 bits per heavy atom. The summed E-state index contributed by atoms with van der Waals surface area (Å²) in [5, 5.41) is 12.8. The van der Waals surface area contributed by atoms with Crippen LogP contribution in [-0.4, -0.2) is 39.0 Å². The lowest BCUT2D eigenvalue weighted by molar-refractivity contribution is -0.117. The van der Waals surface area contributed by atoms with E-state index >= 15 is 0 Å². The fourth-order valence-corrected chi connectivity index (χ4v) is 6.31. The first kappa shape index (κ1) is 29.6. The molecule has 1 atom stereocenters. The highest BCUT2D eigenvalue weighted by molar-refractivity contribution is 7.92. The largest absolute Gasteiger partial charge is 0.296 e. The Bertz CT molecular complexity index is 1790. The molecule has 15 heteroatoms. The highest BCUT2D eigenvalue weighted by Crippen LogP contribution is 2.36. The number of sulfonamides is 1. The normalized spacial score (nSPS) is 16.1. The number of hydrogen-bond acceptors (Lipinski definition) is 8. The van der Waals surface area contributed by atoms with E-state index in [2.05, 4.69) is 20.1 Å². The number of benzene rings is 3. The van der Waals surface area contributed by atoms with Gasteiger partial charge in [-0.3, -0.25) is 14.1 Å². The molecule has 0 radical (unpaired) electrons. The van der Waals surface area contributed by atoms with E-state index in [1.165, 1.54) is 19.1 Å². The number of hydrazone groups is 1. The molecule has 0 saturated heterocycles. The Kier molecular flexibility index (Phi) is 8.33. The fourth-order valence-electron chi connectivity index (χ4n) is 3.86. The Balaban J connectivity index is 1.60. The predicted molar refractivity (Wildman–Crippen MR) is 153 cm³/mol. The molecule has 1 heterocycles. The maximum Gasteiger partial charge on any atom is 0.296 e. The van der Waals surface area contributed by atoms with Gasteiger partial charge in [-0.1, -0.05) is 54.4 Å². The maximum absolute atomic E-state index is 13.1. The molecule has 0 aromatic heterocycles. The third kappa shape index (κ3) is 6.03. The monoisotopic (exact) mass is 623 g/mol. The van der Waals surface area contributed by atoms with Gasteiger partial charge in [0.25, 0.3) is 26.0 Å². The first-order valence-electron chi connectivity index (χ1n) is 11.7. The molecule has 3 aromatic carbocycles. The molecule has 3 aromatic rings. The van der Waals surface area contributed by atoms with Gasteiger partial charge in [-0.05, 0) is 61.7 Å². The standard InChI is InChI=1S/C25H23Cl2N5O6S2/c1-4-16-7-5-6-8-20(16)31-39(34,35)17-10-9-14(2)21(11-17)28-29-24-15(3)30-32(25(24)33)22-12-19(27)23(13-18(22)26)40(36,37)38/h5-13,24,31H,4H2,1-3H3,(H,36,37,38). The highest BCUT2D eigenvalue weighted by atomic mass is 35.5. The second-order valence-electron chi connectivity index (χ2n) is 8.78. The predicted octanol–water partition coefficient (Wildman–Crippen LogP) is 5.79. The quantitative estimate of drug-likeness (QED) is 0.239. The van der Waals surface area contributed by atoms with Gasteiger partial charge in [-0.25, -0.2) is 8.42 Å². The van der Waals surface area contributed by atoms with Gasteiger partial charge in [-0.15, -0.1) is 0 Å². The number of nitrogens with one attached hydrogen (secondary N) is 1. The van der Waals surface area contributed by atoms with Gasteiger partial charge < -0.3 is 0 Å². The van der Waals surface area contributed by atoms with E-state index < -0.39 is 37.0 Å². The molecule has 0 bridgehead atoms. The summed E-state index contributed by atoms with van der Waals surface area (Å²) in [5.41, 5.74) is 2.38. The molecule has 2 N–H and O–H groups in total. The zero-order valence-electron chi connectivity index (χ0n) is 21.3. The van der Waals surface area contributed by atoms with Crippen LogP contribution in [-0.2, 0) is 31.4 Å². The lowest BCUT2D eigenvalue weighted by Crippen LogP contribution is -2.30. The van der Waals surface area contributed by atoms with E-state index in [1.54, 1.807) is 25.1 Å². The van der Waals surface area contributed by atoms with E-state index in [4.69, 9.17) is 23.2 Å². The summed E-state index contributed by atoms with van der Waals surface area (Å²) in [7, 11) is -8.60. The number of aryl methyl sites for hydroxylation is 2. The minimum Gasteiger partial charge on any atom is -0.282 e.